The van der Waals surface area contributed by atoms with Crippen LogP contribution in [-0.2, 0) is 11.3 Å². The first-order valence-electron chi connectivity index (χ1n) is 9.20. The third-order valence-electron chi connectivity index (χ3n) is 5.97. The minimum Gasteiger partial charge on any atom is -0.454 e. The predicted octanol–water partition coefficient (Wildman–Crippen LogP) is 2.39. The van der Waals surface area contributed by atoms with E-state index >= 15 is 0 Å². The van der Waals surface area contributed by atoms with Crippen LogP contribution in [0.25, 0.3) is 0 Å². The van der Waals surface area contributed by atoms with Crippen molar-refractivity contribution in [3.63, 3.8) is 0 Å². The van der Waals surface area contributed by atoms with Gasteiger partial charge in [-0.2, -0.15) is 0 Å². The number of rotatable bonds is 4. The van der Waals surface area contributed by atoms with Gasteiger partial charge in [0.05, 0.1) is 0 Å². The molecule has 3 fully saturated rings. The van der Waals surface area contributed by atoms with E-state index in [0.29, 0.717) is 31.2 Å². The summed E-state index contributed by atoms with van der Waals surface area (Å²) in [5, 5.41) is 0. The van der Waals surface area contributed by atoms with Crippen LogP contribution < -0.4 is 9.47 Å². The number of amides is 1. The van der Waals surface area contributed by atoms with Gasteiger partial charge in [-0.3, -0.25) is 9.69 Å². The Bertz CT molecular complexity index is 658. The van der Waals surface area contributed by atoms with E-state index in [1.807, 2.05) is 6.07 Å². The number of hydrogen-bond donors (Lipinski definition) is 0. The van der Waals surface area contributed by atoms with E-state index in [1.165, 1.54) is 18.4 Å². The maximum absolute atomic E-state index is 12.4. The number of carbonyl (C=O) groups is 1. The number of nitrogens with zero attached hydrogens (tertiary/aromatic N) is 2. The Morgan fingerprint density at radius 1 is 1.04 bits per heavy atom. The van der Waals surface area contributed by atoms with E-state index in [9.17, 15) is 4.79 Å². The van der Waals surface area contributed by atoms with Crippen molar-refractivity contribution < 1.29 is 14.3 Å². The Kier molecular flexibility index (Phi) is 3.44. The number of fused-ring (bicyclic) bond motifs is 2. The quantitative estimate of drug-likeness (QED) is 0.851. The molecule has 0 bridgehead atoms. The molecular weight excluding hydrogens is 304 g/mol. The smallest absolute Gasteiger partial charge is 0.231 e. The molecule has 2 saturated heterocycles. The van der Waals surface area contributed by atoms with Gasteiger partial charge in [-0.15, -0.1) is 0 Å². The summed E-state index contributed by atoms with van der Waals surface area (Å²) in [5.74, 6) is 2.86. The van der Waals surface area contributed by atoms with Gasteiger partial charge in [-0.25, -0.2) is 0 Å². The van der Waals surface area contributed by atoms with E-state index in [4.69, 9.17) is 9.47 Å². The molecule has 5 heteroatoms. The van der Waals surface area contributed by atoms with Crippen LogP contribution in [0, 0.1) is 5.92 Å². The molecule has 1 saturated carbocycles. The third-order valence-corrected chi connectivity index (χ3v) is 5.97. The zero-order valence-electron chi connectivity index (χ0n) is 13.9. The highest BCUT2D eigenvalue weighted by Crippen LogP contribution is 2.38. The zero-order chi connectivity index (χ0) is 16.1. The summed E-state index contributed by atoms with van der Waals surface area (Å²) >= 11 is 0. The molecule has 3 aliphatic heterocycles. The summed E-state index contributed by atoms with van der Waals surface area (Å²) in [7, 11) is 0. The van der Waals surface area contributed by atoms with Gasteiger partial charge < -0.3 is 14.4 Å². The molecule has 5 nitrogen and oxygen atoms in total. The first kappa shape index (κ1) is 14.6. The van der Waals surface area contributed by atoms with Crippen LogP contribution in [0.1, 0.15) is 37.7 Å². The molecule has 1 aromatic carbocycles. The van der Waals surface area contributed by atoms with E-state index in [0.717, 1.165) is 49.9 Å². The van der Waals surface area contributed by atoms with Gasteiger partial charge >= 0.3 is 0 Å². The van der Waals surface area contributed by atoms with Crippen LogP contribution in [-0.4, -0.2) is 47.7 Å². The molecule has 1 aliphatic carbocycles. The average molecular weight is 328 g/mol. The molecule has 0 aromatic heterocycles. The molecule has 1 aromatic rings. The van der Waals surface area contributed by atoms with Crippen molar-refractivity contribution in [2.45, 2.75) is 50.7 Å². The maximum Gasteiger partial charge on any atom is 0.231 e. The number of benzene rings is 1. The van der Waals surface area contributed by atoms with Crippen molar-refractivity contribution in [2.75, 3.05) is 19.9 Å². The largest absolute Gasteiger partial charge is 0.454 e. The molecule has 2 atom stereocenters. The monoisotopic (exact) mass is 328 g/mol. The number of likely N-dealkylation sites (tertiary alicyclic amines) is 2. The van der Waals surface area contributed by atoms with Gasteiger partial charge in [-0.1, -0.05) is 6.07 Å². The molecule has 0 spiro atoms. The van der Waals surface area contributed by atoms with Crippen molar-refractivity contribution in [1.82, 2.24) is 9.80 Å². The molecule has 3 heterocycles. The number of piperidine rings is 1. The van der Waals surface area contributed by atoms with Crippen LogP contribution in [0.3, 0.4) is 0 Å². The second kappa shape index (κ2) is 5.66. The van der Waals surface area contributed by atoms with Crippen molar-refractivity contribution in [3.05, 3.63) is 23.8 Å². The molecule has 1 amide bonds. The van der Waals surface area contributed by atoms with Gasteiger partial charge in [0.15, 0.2) is 11.5 Å². The number of hydrogen-bond acceptors (Lipinski definition) is 4. The first-order valence-corrected chi connectivity index (χ1v) is 9.20. The predicted molar refractivity (Wildman–Crippen MR) is 88.8 cm³/mol. The summed E-state index contributed by atoms with van der Waals surface area (Å²) < 4.78 is 10.9. The summed E-state index contributed by atoms with van der Waals surface area (Å²) in [6, 6.07) is 7.20. The minimum atomic E-state index is 0.325. The Balaban J connectivity index is 1.30. The van der Waals surface area contributed by atoms with Gasteiger partial charge in [0.2, 0.25) is 12.7 Å². The lowest BCUT2D eigenvalue weighted by atomic mass is 9.95. The number of carbonyl (C=O) groups excluding carboxylic acids is 1. The molecule has 128 valence electrons. The van der Waals surface area contributed by atoms with Crippen LogP contribution in [0.2, 0.25) is 0 Å². The van der Waals surface area contributed by atoms with Gasteiger partial charge in [0.25, 0.3) is 0 Å². The first-order chi connectivity index (χ1) is 11.8. The van der Waals surface area contributed by atoms with E-state index in [1.54, 1.807) is 0 Å². The van der Waals surface area contributed by atoms with Crippen molar-refractivity contribution in [3.8, 4) is 11.5 Å². The summed E-state index contributed by atoms with van der Waals surface area (Å²) in [5.41, 5.74) is 1.27. The Hall–Kier alpha value is -1.75. The highest BCUT2D eigenvalue weighted by Gasteiger charge is 2.44. The fourth-order valence-electron chi connectivity index (χ4n) is 4.52. The topological polar surface area (TPSA) is 42.0 Å². The third kappa shape index (κ3) is 2.55. The Morgan fingerprint density at radius 2 is 1.92 bits per heavy atom. The molecule has 24 heavy (non-hydrogen) atoms. The van der Waals surface area contributed by atoms with Crippen molar-refractivity contribution in [2.24, 2.45) is 5.92 Å². The van der Waals surface area contributed by atoms with Crippen LogP contribution in [0.4, 0.5) is 0 Å². The fourth-order valence-corrected chi connectivity index (χ4v) is 4.52. The lowest BCUT2D eigenvalue weighted by molar-refractivity contribution is -0.138. The molecule has 4 aliphatic rings. The van der Waals surface area contributed by atoms with Crippen molar-refractivity contribution >= 4 is 5.91 Å². The molecule has 0 N–H and O–H groups in total. The summed E-state index contributed by atoms with van der Waals surface area (Å²) in [4.78, 5) is 17.1. The van der Waals surface area contributed by atoms with Crippen molar-refractivity contribution in [1.29, 1.82) is 0 Å². The summed E-state index contributed by atoms with van der Waals surface area (Å²) in [6.07, 6.45) is 5.46. The van der Waals surface area contributed by atoms with Crippen LogP contribution in [0.15, 0.2) is 18.2 Å². The van der Waals surface area contributed by atoms with Gasteiger partial charge in [-0.05, 0) is 49.3 Å². The second-order valence-electron chi connectivity index (χ2n) is 7.61. The second-order valence-corrected chi connectivity index (χ2v) is 7.61. The van der Waals surface area contributed by atoms with E-state index in [-0.39, 0.29) is 0 Å². The molecule has 0 unspecified atom stereocenters. The SMILES string of the molecule is O=C1CC[C@@H]2[C@@H](CCN2Cc2ccc3c(c2)OCO3)N1CC1CC1. The Morgan fingerprint density at radius 3 is 2.79 bits per heavy atom. The normalized spacial score (nSPS) is 29.2. The Labute approximate surface area is 142 Å². The number of ether oxygens (including phenoxy) is 2. The average Bonchev–Trinajstić information content (AvgIpc) is 3.13. The van der Waals surface area contributed by atoms with E-state index < -0.39 is 0 Å². The summed E-state index contributed by atoms with van der Waals surface area (Å²) in [6.45, 7) is 3.34. The van der Waals surface area contributed by atoms with Crippen LogP contribution >= 0.6 is 0 Å². The minimum absolute atomic E-state index is 0.325. The highest BCUT2D eigenvalue weighted by atomic mass is 16.7. The molecular formula is C19H24N2O3. The molecule has 5 rings (SSSR count). The lowest BCUT2D eigenvalue weighted by Crippen LogP contribution is -2.52. The standard InChI is InChI=1S/C19H24N2O3/c22-19-6-4-15-16(21(19)11-13-1-2-13)7-8-20(15)10-14-3-5-17-18(9-14)24-12-23-17/h3,5,9,13,15-16H,1-2,4,6-8,10-12H2/t15-,16-/m1/s1. The van der Waals surface area contributed by atoms with E-state index in [2.05, 4.69) is 21.9 Å². The van der Waals surface area contributed by atoms with Gasteiger partial charge in [0, 0.05) is 38.1 Å². The zero-order valence-corrected chi connectivity index (χ0v) is 13.9. The van der Waals surface area contributed by atoms with Crippen LogP contribution in [0.5, 0.6) is 11.5 Å². The lowest BCUT2D eigenvalue weighted by Gasteiger charge is -2.40. The molecule has 0 radical (unpaired) electrons. The fraction of sp³-hybridized carbons (Fsp3) is 0.632. The van der Waals surface area contributed by atoms with Gasteiger partial charge in [0.1, 0.15) is 0 Å². The maximum atomic E-state index is 12.4. The highest BCUT2D eigenvalue weighted by molar-refractivity contribution is 5.77.